The summed E-state index contributed by atoms with van der Waals surface area (Å²) in [5, 5.41) is 2.86. The molecule has 0 saturated carbocycles. The van der Waals surface area contributed by atoms with Crippen LogP contribution in [0.3, 0.4) is 0 Å². The molecule has 1 amide bonds. The van der Waals surface area contributed by atoms with Crippen molar-refractivity contribution >= 4 is 11.7 Å². The van der Waals surface area contributed by atoms with Gasteiger partial charge in [-0.25, -0.2) is 10.8 Å². The highest BCUT2D eigenvalue weighted by Crippen LogP contribution is 2.11. The van der Waals surface area contributed by atoms with Crippen molar-refractivity contribution in [3.05, 3.63) is 23.4 Å². The van der Waals surface area contributed by atoms with E-state index in [1.165, 1.54) is 0 Å². The van der Waals surface area contributed by atoms with Crippen LogP contribution in [0.15, 0.2) is 12.1 Å². The van der Waals surface area contributed by atoms with Gasteiger partial charge in [-0.05, 0) is 31.9 Å². The molecule has 0 saturated heterocycles. The molecule has 1 aromatic rings. The van der Waals surface area contributed by atoms with E-state index in [9.17, 15) is 4.79 Å². The smallest absolute Gasteiger partial charge is 0.251 e. The number of nitrogens with one attached hydrogen (secondary N) is 2. The number of anilines is 1. The van der Waals surface area contributed by atoms with Gasteiger partial charge >= 0.3 is 0 Å². The maximum atomic E-state index is 12.1. The molecule has 0 radical (unpaired) electrons. The summed E-state index contributed by atoms with van der Waals surface area (Å²) in [6.45, 7) is 5.97. The quantitative estimate of drug-likeness (QED) is 0.362. The number of amides is 1. The van der Waals surface area contributed by atoms with E-state index in [1.54, 1.807) is 6.07 Å². The second kappa shape index (κ2) is 9.28. The van der Waals surface area contributed by atoms with E-state index in [1.807, 2.05) is 13.0 Å². The molecule has 0 fully saturated rings. The van der Waals surface area contributed by atoms with Crippen molar-refractivity contribution in [2.75, 3.05) is 25.2 Å². The fourth-order valence-corrected chi connectivity index (χ4v) is 1.80. The number of carbonyl (C=O) groups is 1. The Morgan fingerprint density at radius 2 is 2.20 bits per heavy atom. The maximum absolute atomic E-state index is 12.1. The molecule has 0 aromatic carbocycles. The lowest BCUT2D eigenvalue weighted by Crippen LogP contribution is -2.26. The second-order valence-electron chi connectivity index (χ2n) is 4.43. The zero-order valence-electron chi connectivity index (χ0n) is 12.2. The summed E-state index contributed by atoms with van der Waals surface area (Å²) in [5.41, 5.74) is 3.93. The Bertz CT molecular complexity index is 424. The van der Waals surface area contributed by atoms with E-state index in [4.69, 9.17) is 10.6 Å². The Morgan fingerprint density at radius 1 is 1.40 bits per heavy atom. The number of nitrogen functional groups attached to an aromatic ring is 1. The highest BCUT2D eigenvalue weighted by molar-refractivity contribution is 5.94. The zero-order chi connectivity index (χ0) is 14.8. The van der Waals surface area contributed by atoms with Crippen molar-refractivity contribution in [2.24, 2.45) is 5.84 Å². The predicted molar refractivity (Wildman–Crippen MR) is 79.5 cm³/mol. The Labute approximate surface area is 120 Å². The van der Waals surface area contributed by atoms with E-state index < -0.39 is 0 Å². The minimum atomic E-state index is -0.113. The van der Waals surface area contributed by atoms with Crippen molar-refractivity contribution in [3.63, 3.8) is 0 Å². The SMILES string of the molecule is CCCc1cc(C(=O)NCCCOCC)cc(NN)n1. The molecular weight excluding hydrogens is 256 g/mol. The average molecular weight is 280 g/mol. The summed E-state index contributed by atoms with van der Waals surface area (Å²) in [6.07, 6.45) is 2.59. The third kappa shape index (κ3) is 5.54. The van der Waals surface area contributed by atoms with Crippen LogP contribution in [0.2, 0.25) is 0 Å². The van der Waals surface area contributed by atoms with Crippen LogP contribution in [-0.4, -0.2) is 30.6 Å². The number of ether oxygens (including phenoxy) is 1. The van der Waals surface area contributed by atoms with Gasteiger partial charge in [0, 0.05) is 31.0 Å². The number of hydrogen-bond acceptors (Lipinski definition) is 5. The average Bonchev–Trinajstić information content (AvgIpc) is 2.46. The Kier molecular flexibility index (Phi) is 7.60. The molecule has 0 atom stereocenters. The van der Waals surface area contributed by atoms with Gasteiger partial charge in [0.05, 0.1) is 0 Å². The minimum absolute atomic E-state index is 0.113. The summed E-state index contributed by atoms with van der Waals surface area (Å²) >= 11 is 0. The van der Waals surface area contributed by atoms with Crippen LogP contribution in [0.5, 0.6) is 0 Å². The van der Waals surface area contributed by atoms with Gasteiger partial charge in [-0.15, -0.1) is 0 Å². The molecule has 1 aromatic heterocycles. The third-order valence-electron chi connectivity index (χ3n) is 2.75. The molecule has 4 N–H and O–H groups in total. The standard InChI is InChI=1S/C14H24N4O2/c1-3-6-12-9-11(10-13(17-12)18-15)14(19)16-7-5-8-20-4-2/h9-10H,3-8,15H2,1-2H3,(H,16,19)(H,17,18). The number of rotatable bonds is 9. The first-order chi connectivity index (χ1) is 9.71. The number of nitrogens with zero attached hydrogens (tertiary/aromatic N) is 1. The van der Waals surface area contributed by atoms with Crippen LogP contribution in [0.25, 0.3) is 0 Å². The summed E-state index contributed by atoms with van der Waals surface area (Å²) in [7, 11) is 0. The van der Waals surface area contributed by atoms with E-state index >= 15 is 0 Å². The van der Waals surface area contributed by atoms with Crippen LogP contribution in [0.1, 0.15) is 42.7 Å². The van der Waals surface area contributed by atoms with Gasteiger partial charge in [0.25, 0.3) is 5.91 Å². The van der Waals surface area contributed by atoms with Crippen molar-refractivity contribution < 1.29 is 9.53 Å². The Hall–Kier alpha value is -1.66. The lowest BCUT2D eigenvalue weighted by atomic mass is 10.1. The number of aromatic nitrogens is 1. The fraction of sp³-hybridized carbons (Fsp3) is 0.571. The Balaban J connectivity index is 2.59. The van der Waals surface area contributed by atoms with Gasteiger partial charge in [-0.2, -0.15) is 0 Å². The summed E-state index contributed by atoms with van der Waals surface area (Å²) in [5.74, 6) is 5.77. The van der Waals surface area contributed by atoms with Gasteiger partial charge in [0.2, 0.25) is 0 Å². The first-order valence-corrected chi connectivity index (χ1v) is 7.04. The van der Waals surface area contributed by atoms with Gasteiger partial charge in [0.15, 0.2) is 0 Å². The number of aryl methyl sites for hydroxylation is 1. The van der Waals surface area contributed by atoms with E-state index in [-0.39, 0.29) is 5.91 Å². The molecular formula is C14H24N4O2. The monoisotopic (exact) mass is 280 g/mol. The van der Waals surface area contributed by atoms with E-state index in [0.29, 0.717) is 31.1 Å². The zero-order valence-corrected chi connectivity index (χ0v) is 12.2. The lowest BCUT2D eigenvalue weighted by molar-refractivity contribution is 0.0944. The maximum Gasteiger partial charge on any atom is 0.251 e. The van der Waals surface area contributed by atoms with Gasteiger partial charge < -0.3 is 15.5 Å². The molecule has 0 unspecified atom stereocenters. The predicted octanol–water partition coefficient (Wildman–Crippen LogP) is 1.48. The molecule has 0 bridgehead atoms. The van der Waals surface area contributed by atoms with Gasteiger partial charge in [0.1, 0.15) is 5.82 Å². The molecule has 0 spiro atoms. The highest BCUT2D eigenvalue weighted by Gasteiger charge is 2.09. The molecule has 0 aliphatic rings. The molecule has 0 aliphatic heterocycles. The first kappa shape index (κ1) is 16.4. The molecule has 112 valence electrons. The van der Waals surface area contributed by atoms with Crippen LogP contribution < -0.4 is 16.6 Å². The molecule has 0 aliphatic carbocycles. The number of carbonyl (C=O) groups excluding carboxylic acids is 1. The fourth-order valence-electron chi connectivity index (χ4n) is 1.80. The van der Waals surface area contributed by atoms with E-state index in [2.05, 4.69) is 22.7 Å². The van der Waals surface area contributed by atoms with Crippen LogP contribution >= 0.6 is 0 Å². The summed E-state index contributed by atoms with van der Waals surface area (Å²) in [6, 6.07) is 3.46. The van der Waals surface area contributed by atoms with Gasteiger partial charge in [-0.1, -0.05) is 13.3 Å². The number of hydrazine groups is 1. The largest absolute Gasteiger partial charge is 0.382 e. The number of hydrogen-bond donors (Lipinski definition) is 3. The summed E-state index contributed by atoms with van der Waals surface area (Å²) in [4.78, 5) is 16.4. The second-order valence-corrected chi connectivity index (χ2v) is 4.43. The molecule has 1 heterocycles. The Morgan fingerprint density at radius 3 is 2.85 bits per heavy atom. The molecule has 20 heavy (non-hydrogen) atoms. The van der Waals surface area contributed by atoms with Crippen LogP contribution in [0.4, 0.5) is 5.82 Å². The molecule has 6 heteroatoms. The normalized spacial score (nSPS) is 10.3. The van der Waals surface area contributed by atoms with E-state index in [0.717, 1.165) is 25.0 Å². The number of pyridine rings is 1. The first-order valence-electron chi connectivity index (χ1n) is 7.04. The summed E-state index contributed by atoms with van der Waals surface area (Å²) < 4.78 is 5.22. The highest BCUT2D eigenvalue weighted by atomic mass is 16.5. The van der Waals surface area contributed by atoms with Crippen LogP contribution in [0, 0.1) is 0 Å². The van der Waals surface area contributed by atoms with Crippen molar-refractivity contribution in [3.8, 4) is 0 Å². The van der Waals surface area contributed by atoms with Crippen molar-refractivity contribution in [1.82, 2.24) is 10.3 Å². The number of nitrogens with two attached hydrogens (primary N) is 1. The lowest BCUT2D eigenvalue weighted by Gasteiger charge is -2.09. The third-order valence-corrected chi connectivity index (χ3v) is 2.75. The molecule has 1 rings (SSSR count). The molecule has 6 nitrogen and oxygen atoms in total. The van der Waals surface area contributed by atoms with Crippen LogP contribution in [-0.2, 0) is 11.2 Å². The van der Waals surface area contributed by atoms with Gasteiger partial charge in [-0.3, -0.25) is 4.79 Å². The van der Waals surface area contributed by atoms with Crippen molar-refractivity contribution in [1.29, 1.82) is 0 Å². The topological polar surface area (TPSA) is 89.3 Å². The van der Waals surface area contributed by atoms with Crippen molar-refractivity contribution in [2.45, 2.75) is 33.1 Å². The minimum Gasteiger partial charge on any atom is -0.382 e.